The van der Waals surface area contributed by atoms with Crippen molar-refractivity contribution >= 4 is 11.6 Å². The molecule has 4 rings (SSSR count). The van der Waals surface area contributed by atoms with E-state index in [1.807, 2.05) is 24.3 Å². The highest BCUT2D eigenvalue weighted by Gasteiger charge is 2.29. The molecular weight excluding hydrogens is 356 g/mol. The first kappa shape index (κ1) is 18.2. The van der Waals surface area contributed by atoms with Crippen LogP contribution in [0.2, 0.25) is 0 Å². The third kappa shape index (κ3) is 4.03. The van der Waals surface area contributed by atoms with E-state index >= 15 is 0 Å². The van der Waals surface area contributed by atoms with Crippen LogP contribution in [0.1, 0.15) is 49.9 Å². The zero-order valence-electron chi connectivity index (χ0n) is 15.9. The molecule has 28 heavy (non-hydrogen) atoms. The smallest absolute Gasteiger partial charge is 0.259 e. The average molecular weight is 378 g/mol. The fourth-order valence-corrected chi connectivity index (χ4v) is 2.97. The van der Waals surface area contributed by atoms with Gasteiger partial charge in [0.15, 0.2) is 5.82 Å². The number of anilines is 1. The van der Waals surface area contributed by atoms with Crippen LogP contribution in [0.3, 0.4) is 0 Å². The molecule has 7 nitrogen and oxygen atoms in total. The van der Waals surface area contributed by atoms with Crippen LogP contribution in [0.25, 0.3) is 11.5 Å². The zero-order valence-corrected chi connectivity index (χ0v) is 15.9. The lowest BCUT2D eigenvalue weighted by molar-refractivity contribution is -0.116. The summed E-state index contributed by atoms with van der Waals surface area (Å²) in [5, 5.41) is 6.84. The molecule has 1 aliphatic rings. The Hall–Kier alpha value is -3.22. The second-order valence-electron chi connectivity index (χ2n) is 7.44. The summed E-state index contributed by atoms with van der Waals surface area (Å²) in [5.41, 5.74) is 2.21. The molecule has 7 heteroatoms. The highest BCUT2D eigenvalue weighted by Crippen LogP contribution is 2.38. The first-order valence-corrected chi connectivity index (χ1v) is 9.44. The first-order chi connectivity index (χ1) is 13.5. The minimum atomic E-state index is -0.274. The fourth-order valence-electron chi connectivity index (χ4n) is 2.97. The van der Waals surface area contributed by atoms with E-state index in [0.717, 1.165) is 18.4 Å². The lowest BCUT2D eigenvalue weighted by Gasteiger charge is -2.11. The average Bonchev–Trinajstić information content (AvgIpc) is 3.41. The standard InChI is InChI=1S/C21H22N4O3/c1-13(2)15-4-3-5-17(10-15)22-18(26)12-25-11-16(8-9-19(25)27)21-23-20(24-28-21)14-6-7-14/h3-5,8-11,13-14H,6-7,12H2,1-2H3,(H,22,26). The molecule has 1 amide bonds. The molecule has 1 N–H and O–H groups in total. The van der Waals surface area contributed by atoms with Gasteiger partial charge in [-0.15, -0.1) is 0 Å². The monoisotopic (exact) mass is 378 g/mol. The van der Waals surface area contributed by atoms with Crippen LogP contribution in [0.5, 0.6) is 0 Å². The third-order valence-corrected chi connectivity index (χ3v) is 4.77. The molecule has 0 bridgehead atoms. The molecule has 0 aliphatic heterocycles. The zero-order chi connectivity index (χ0) is 19.7. The largest absolute Gasteiger partial charge is 0.334 e. The molecule has 2 aromatic heterocycles. The topological polar surface area (TPSA) is 90.0 Å². The van der Waals surface area contributed by atoms with Gasteiger partial charge in [0, 0.05) is 23.9 Å². The van der Waals surface area contributed by atoms with E-state index in [2.05, 4.69) is 29.3 Å². The van der Waals surface area contributed by atoms with Crippen LogP contribution in [-0.4, -0.2) is 20.6 Å². The van der Waals surface area contributed by atoms with Crippen molar-refractivity contribution in [3.05, 3.63) is 64.3 Å². The van der Waals surface area contributed by atoms with Gasteiger partial charge in [-0.3, -0.25) is 9.59 Å². The van der Waals surface area contributed by atoms with E-state index in [1.165, 1.54) is 10.6 Å². The normalized spacial score (nSPS) is 13.7. The van der Waals surface area contributed by atoms with Gasteiger partial charge in [-0.2, -0.15) is 4.98 Å². The van der Waals surface area contributed by atoms with Gasteiger partial charge in [0.05, 0.1) is 5.56 Å². The molecule has 0 saturated heterocycles. The summed E-state index contributed by atoms with van der Waals surface area (Å²) in [4.78, 5) is 29.0. The van der Waals surface area contributed by atoms with Crippen molar-refractivity contribution < 1.29 is 9.32 Å². The molecule has 2 heterocycles. The second kappa shape index (κ2) is 7.42. The summed E-state index contributed by atoms with van der Waals surface area (Å²) >= 11 is 0. The molecule has 1 fully saturated rings. The second-order valence-corrected chi connectivity index (χ2v) is 7.44. The maximum atomic E-state index is 12.4. The summed E-state index contributed by atoms with van der Waals surface area (Å²) in [6, 6.07) is 10.7. The number of nitrogens with zero attached hydrogens (tertiary/aromatic N) is 3. The highest BCUT2D eigenvalue weighted by molar-refractivity contribution is 5.90. The van der Waals surface area contributed by atoms with E-state index in [-0.39, 0.29) is 18.0 Å². The van der Waals surface area contributed by atoms with Crippen LogP contribution in [-0.2, 0) is 11.3 Å². The summed E-state index contributed by atoms with van der Waals surface area (Å²) in [6.07, 6.45) is 3.74. The van der Waals surface area contributed by atoms with E-state index in [4.69, 9.17) is 4.52 Å². The van der Waals surface area contributed by atoms with Crippen molar-refractivity contribution in [3.8, 4) is 11.5 Å². The van der Waals surface area contributed by atoms with Crippen LogP contribution in [0.15, 0.2) is 51.9 Å². The van der Waals surface area contributed by atoms with Crippen LogP contribution >= 0.6 is 0 Å². The van der Waals surface area contributed by atoms with Crippen molar-refractivity contribution in [3.63, 3.8) is 0 Å². The van der Waals surface area contributed by atoms with Gasteiger partial charge in [0.2, 0.25) is 5.91 Å². The Balaban J connectivity index is 1.50. The number of amides is 1. The number of carbonyl (C=O) groups is 1. The fraction of sp³-hybridized carbons (Fsp3) is 0.333. The van der Waals surface area contributed by atoms with Crippen LogP contribution in [0.4, 0.5) is 5.69 Å². The Morgan fingerprint density at radius 3 is 2.86 bits per heavy atom. The molecule has 0 atom stereocenters. The van der Waals surface area contributed by atoms with E-state index in [1.54, 1.807) is 12.3 Å². The molecular formula is C21H22N4O3. The number of rotatable bonds is 6. The maximum absolute atomic E-state index is 12.4. The number of nitrogens with one attached hydrogen (secondary N) is 1. The lowest BCUT2D eigenvalue weighted by Crippen LogP contribution is -2.26. The third-order valence-electron chi connectivity index (χ3n) is 4.77. The van der Waals surface area contributed by atoms with Crippen LogP contribution < -0.4 is 10.9 Å². The van der Waals surface area contributed by atoms with Gasteiger partial charge in [-0.1, -0.05) is 31.1 Å². The summed E-state index contributed by atoms with van der Waals surface area (Å²) in [6.45, 7) is 4.10. The minimum Gasteiger partial charge on any atom is -0.334 e. The first-order valence-electron chi connectivity index (χ1n) is 9.44. The lowest BCUT2D eigenvalue weighted by atomic mass is 10.0. The van der Waals surface area contributed by atoms with Gasteiger partial charge in [-0.05, 0) is 42.5 Å². The van der Waals surface area contributed by atoms with Gasteiger partial charge in [0.25, 0.3) is 11.4 Å². The van der Waals surface area contributed by atoms with Crippen molar-refractivity contribution in [2.45, 2.75) is 45.1 Å². The number of benzene rings is 1. The molecule has 1 aliphatic carbocycles. The highest BCUT2D eigenvalue weighted by atomic mass is 16.5. The molecule has 0 spiro atoms. The molecule has 144 valence electrons. The van der Waals surface area contributed by atoms with Gasteiger partial charge < -0.3 is 14.4 Å². The van der Waals surface area contributed by atoms with Gasteiger partial charge in [0.1, 0.15) is 6.54 Å². The number of pyridine rings is 1. The Labute approximate surface area is 162 Å². The molecule has 3 aromatic rings. The van der Waals surface area contributed by atoms with Crippen LogP contribution in [0, 0.1) is 0 Å². The number of aromatic nitrogens is 3. The number of hydrogen-bond acceptors (Lipinski definition) is 5. The van der Waals surface area contributed by atoms with Crippen molar-refractivity contribution in [1.82, 2.24) is 14.7 Å². The van der Waals surface area contributed by atoms with Crippen molar-refractivity contribution in [2.75, 3.05) is 5.32 Å². The quantitative estimate of drug-likeness (QED) is 0.708. The SMILES string of the molecule is CC(C)c1cccc(NC(=O)Cn2cc(-c3nc(C4CC4)no3)ccc2=O)c1. The number of hydrogen-bond donors (Lipinski definition) is 1. The molecule has 0 radical (unpaired) electrons. The molecule has 1 aromatic carbocycles. The Bertz CT molecular complexity index is 1060. The maximum Gasteiger partial charge on any atom is 0.259 e. The van der Waals surface area contributed by atoms with Crippen molar-refractivity contribution in [2.24, 2.45) is 0 Å². The minimum absolute atomic E-state index is 0.0950. The summed E-state index contributed by atoms with van der Waals surface area (Å²) in [7, 11) is 0. The predicted octanol–water partition coefficient (Wildman–Crippen LogP) is 3.54. The number of carbonyl (C=O) groups excluding carboxylic acids is 1. The summed E-state index contributed by atoms with van der Waals surface area (Å²) in [5.74, 6) is 1.54. The summed E-state index contributed by atoms with van der Waals surface area (Å²) < 4.78 is 6.65. The van der Waals surface area contributed by atoms with Gasteiger partial charge >= 0.3 is 0 Å². The Morgan fingerprint density at radius 1 is 1.29 bits per heavy atom. The van der Waals surface area contributed by atoms with Crippen molar-refractivity contribution in [1.29, 1.82) is 0 Å². The van der Waals surface area contributed by atoms with Gasteiger partial charge in [-0.25, -0.2) is 0 Å². The van der Waals surface area contributed by atoms with E-state index in [0.29, 0.717) is 34.8 Å². The van der Waals surface area contributed by atoms with E-state index in [9.17, 15) is 9.59 Å². The Morgan fingerprint density at radius 2 is 2.11 bits per heavy atom. The predicted molar refractivity (Wildman–Crippen MR) is 105 cm³/mol. The molecule has 1 saturated carbocycles. The molecule has 0 unspecified atom stereocenters. The Kier molecular flexibility index (Phi) is 4.81. The van der Waals surface area contributed by atoms with E-state index < -0.39 is 0 Å².